The summed E-state index contributed by atoms with van der Waals surface area (Å²) in [6.07, 6.45) is 2.83. The third-order valence-corrected chi connectivity index (χ3v) is 7.79. The molecule has 3 aromatic carbocycles. The van der Waals surface area contributed by atoms with Crippen molar-refractivity contribution in [2.45, 2.75) is 31.0 Å². The van der Waals surface area contributed by atoms with Gasteiger partial charge < -0.3 is 20.4 Å². The van der Waals surface area contributed by atoms with Gasteiger partial charge >= 0.3 is 11.4 Å². The first-order chi connectivity index (χ1) is 19.5. The van der Waals surface area contributed by atoms with Crippen LogP contribution in [0.4, 0.5) is 11.9 Å². The summed E-state index contributed by atoms with van der Waals surface area (Å²) in [6.45, 7) is 1.90. The van der Waals surface area contributed by atoms with Gasteiger partial charge in [-0.3, -0.25) is 4.57 Å². The van der Waals surface area contributed by atoms with Crippen LogP contribution in [0.2, 0.25) is 0 Å². The van der Waals surface area contributed by atoms with Gasteiger partial charge in [0.25, 0.3) is 0 Å². The fourth-order valence-corrected chi connectivity index (χ4v) is 5.39. The van der Waals surface area contributed by atoms with Crippen LogP contribution in [0.1, 0.15) is 16.7 Å². The highest BCUT2D eigenvalue weighted by atomic mass is 32.2. The van der Waals surface area contributed by atoms with Crippen LogP contribution < -0.4 is 27.2 Å². The molecule has 0 radical (unpaired) electrons. The highest BCUT2D eigenvalue weighted by molar-refractivity contribution is 7.98. The molecule has 0 saturated heterocycles. The number of nitrogens with zero attached hydrogens (tertiary/aromatic N) is 5. The Labute approximate surface area is 234 Å². The van der Waals surface area contributed by atoms with Gasteiger partial charge in [0.15, 0.2) is 0 Å². The van der Waals surface area contributed by atoms with E-state index in [9.17, 15) is 9.59 Å². The first kappa shape index (κ1) is 25.8. The molecule has 0 spiro atoms. The number of hydrogen-bond donors (Lipinski definition) is 2. The average Bonchev–Trinajstić information content (AvgIpc) is 3.56. The van der Waals surface area contributed by atoms with E-state index in [0.717, 1.165) is 44.8 Å². The molecular weight excluding hydrogens is 526 g/mol. The summed E-state index contributed by atoms with van der Waals surface area (Å²) in [5, 5.41) is 3.21. The van der Waals surface area contributed by atoms with Gasteiger partial charge in [0.2, 0.25) is 11.9 Å². The minimum atomic E-state index is -0.604. The molecule has 1 aliphatic rings. The van der Waals surface area contributed by atoms with E-state index in [1.165, 1.54) is 9.13 Å². The number of ether oxygens (including phenoxy) is 1. The number of hydrogen-bond acceptors (Lipinski definition) is 8. The maximum absolute atomic E-state index is 13.8. The summed E-state index contributed by atoms with van der Waals surface area (Å²) >= 11 is 1.63. The number of nitrogen functional groups attached to an aromatic ring is 1. The fourth-order valence-electron chi connectivity index (χ4n) is 4.99. The minimum Gasteiger partial charge on any atom is -0.493 e. The van der Waals surface area contributed by atoms with Crippen LogP contribution in [-0.2, 0) is 26.1 Å². The second-order valence-corrected chi connectivity index (χ2v) is 10.5. The van der Waals surface area contributed by atoms with E-state index >= 15 is 0 Å². The second-order valence-electron chi connectivity index (χ2n) is 9.60. The number of nitrogens with one attached hydrogen (secondary N) is 1. The van der Waals surface area contributed by atoms with Gasteiger partial charge in [-0.05, 0) is 53.3 Å². The van der Waals surface area contributed by atoms with E-state index in [1.54, 1.807) is 11.8 Å². The van der Waals surface area contributed by atoms with Gasteiger partial charge in [0, 0.05) is 24.4 Å². The summed E-state index contributed by atoms with van der Waals surface area (Å²) in [5.74, 6) is 1.48. The molecule has 2 aromatic heterocycles. The molecule has 11 heteroatoms. The molecule has 0 bridgehead atoms. The van der Waals surface area contributed by atoms with Crippen molar-refractivity contribution >= 4 is 34.7 Å². The third-order valence-electron chi connectivity index (χ3n) is 7.05. The number of thioether (sulfide) groups is 1. The van der Waals surface area contributed by atoms with E-state index in [-0.39, 0.29) is 19.0 Å². The van der Waals surface area contributed by atoms with Crippen molar-refractivity contribution in [1.29, 1.82) is 0 Å². The van der Waals surface area contributed by atoms with E-state index in [4.69, 9.17) is 10.5 Å². The third kappa shape index (κ3) is 5.07. The first-order valence-electron chi connectivity index (χ1n) is 13.0. The molecule has 0 unspecified atom stereocenters. The number of para-hydroxylation sites is 2. The molecule has 0 saturated carbocycles. The Balaban J connectivity index is 1.32. The second kappa shape index (κ2) is 10.9. The summed E-state index contributed by atoms with van der Waals surface area (Å²) < 4.78 is 10.2. The Hall–Kier alpha value is -4.51. The predicted octanol–water partition coefficient (Wildman–Crippen LogP) is 3.20. The molecule has 0 fully saturated rings. The van der Waals surface area contributed by atoms with Crippen LogP contribution in [0.3, 0.4) is 0 Å². The molecule has 0 aliphatic carbocycles. The lowest BCUT2D eigenvalue weighted by Crippen LogP contribution is -2.43. The van der Waals surface area contributed by atoms with Crippen LogP contribution in [0.25, 0.3) is 11.0 Å². The SMILES string of the molecule is CSc1ccc(Cn2c(=O)nc(NCCn3c(N)nc4ccccc43)n(Cc3ccc4c(c3)CCO4)c2=O)cc1. The predicted molar refractivity (Wildman–Crippen MR) is 157 cm³/mol. The fraction of sp³-hybridized carbons (Fsp3) is 0.241. The number of anilines is 2. The molecule has 3 N–H and O–H groups in total. The van der Waals surface area contributed by atoms with Gasteiger partial charge in [-0.1, -0.05) is 36.4 Å². The highest BCUT2D eigenvalue weighted by Gasteiger charge is 2.17. The lowest BCUT2D eigenvalue weighted by atomic mass is 10.1. The summed E-state index contributed by atoms with van der Waals surface area (Å²) in [4.78, 5) is 36.7. The van der Waals surface area contributed by atoms with Crippen LogP contribution in [0, 0.1) is 0 Å². The van der Waals surface area contributed by atoms with Crippen molar-refractivity contribution in [2.24, 2.45) is 0 Å². The Morgan fingerprint density at radius 1 is 0.950 bits per heavy atom. The highest BCUT2D eigenvalue weighted by Crippen LogP contribution is 2.26. The van der Waals surface area contributed by atoms with Crippen molar-refractivity contribution in [3.63, 3.8) is 0 Å². The molecule has 0 amide bonds. The Bertz CT molecular complexity index is 1810. The maximum atomic E-state index is 13.8. The van der Waals surface area contributed by atoms with Crippen molar-refractivity contribution in [1.82, 2.24) is 23.7 Å². The Morgan fingerprint density at radius 2 is 1.73 bits per heavy atom. The Kier molecular flexibility index (Phi) is 7.04. The topological polar surface area (TPSA) is 122 Å². The van der Waals surface area contributed by atoms with Crippen molar-refractivity contribution in [3.05, 3.63) is 104 Å². The summed E-state index contributed by atoms with van der Waals surface area (Å²) in [5.41, 5.74) is 9.73. The molecule has 204 valence electrons. The lowest BCUT2D eigenvalue weighted by Gasteiger charge is -2.16. The molecule has 40 heavy (non-hydrogen) atoms. The monoisotopic (exact) mass is 555 g/mol. The van der Waals surface area contributed by atoms with Crippen LogP contribution in [0.15, 0.2) is 81.2 Å². The summed E-state index contributed by atoms with van der Waals surface area (Å²) in [6, 6.07) is 21.4. The molecule has 10 nitrogen and oxygen atoms in total. The molecule has 1 aliphatic heterocycles. The normalized spacial score (nSPS) is 12.4. The van der Waals surface area contributed by atoms with Gasteiger partial charge in [-0.2, -0.15) is 4.98 Å². The van der Waals surface area contributed by atoms with Crippen molar-refractivity contribution in [2.75, 3.05) is 30.5 Å². The van der Waals surface area contributed by atoms with Gasteiger partial charge in [-0.15, -0.1) is 11.8 Å². The first-order valence-corrected chi connectivity index (χ1v) is 14.3. The van der Waals surface area contributed by atoms with Gasteiger partial charge in [0.1, 0.15) is 5.75 Å². The largest absolute Gasteiger partial charge is 0.493 e. The number of fused-ring (bicyclic) bond motifs is 2. The standard InChI is InChI=1S/C29H29N7O3S/c1-40-22-9-6-19(7-10-22)17-36-28(37)33-27(31-13-14-34-24-5-3-2-4-23(24)32-26(34)30)35(29(36)38)18-20-8-11-25-21(16-20)12-15-39-25/h2-11,16H,12-15,17-18H2,1H3,(H2,30,32)(H,31,33,37). The minimum absolute atomic E-state index is 0.134. The van der Waals surface area contributed by atoms with Crippen molar-refractivity contribution < 1.29 is 4.74 Å². The number of aromatic nitrogens is 5. The zero-order valence-electron chi connectivity index (χ0n) is 22.0. The maximum Gasteiger partial charge on any atom is 0.355 e. The molecule has 0 atom stereocenters. The zero-order chi connectivity index (χ0) is 27.6. The van der Waals surface area contributed by atoms with E-state index in [0.29, 0.717) is 25.6 Å². The van der Waals surface area contributed by atoms with E-state index in [2.05, 4.69) is 15.3 Å². The quantitative estimate of drug-likeness (QED) is 0.266. The van der Waals surface area contributed by atoms with E-state index in [1.807, 2.05) is 77.6 Å². The smallest absolute Gasteiger partial charge is 0.355 e. The molecule has 3 heterocycles. The lowest BCUT2D eigenvalue weighted by molar-refractivity contribution is 0.357. The molecular formula is C29H29N7O3S. The number of nitrogens with two attached hydrogens (primary N) is 1. The number of benzene rings is 3. The van der Waals surface area contributed by atoms with Gasteiger partial charge in [0.05, 0.1) is 30.7 Å². The number of imidazole rings is 1. The molecule has 6 rings (SSSR count). The Morgan fingerprint density at radius 3 is 2.55 bits per heavy atom. The summed E-state index contributed by atoms with van der Waals surface area (Å²) in [7, 11) is 0. The van der Waals surface area contributed by atoms with Crippen LogP contribution in [-0.4, -0.2) is 43.1 Å². The van der Waals surface area contributed by atoms with Crippen molar-refractivity contribution in [3.8, 4) is 5.75 Å². The average molecular weight is 556 g/mol. The van der Waals surface area contributed by atoms with E-state index < -0.39 is 11.4 Å². The molecule has 5 aromatic rings. The van der Waals surface area contributed by atoms with Crippen LogP contribution in [0.5, 0.6) is 5.75 Å². The van der Waals surface area contributed by atoms with Crippen LogP contribution >= 0.6 is 11.8 Å². The number of rotatable bonds is 9. The zero-order valence-corrected chi connectivity index (χ0v) is 22.9. The van der Waals surface area contributed by atoms with Gasteiger partial charge in [-0.25, -0.2) is 19.1 Å².